The van der Waals surface area contributed by atoms with Crippen molar-refractivity contribution in [2.24, 2.45) is 22.9 Å². The van der Waals surface area contributed by atoms with Crippen molar-refractivity contribution in [3.05, 3.63) is 35.9 Å². The van der Waals surface area contributed by atoms with Gasteiger partial charge in [0, 0.05) is 19.4 Å². The van der Waals surface area contributed by atoms with Crippen LogP contribution in [0, 0.1) is 0 Å². The number of carbonyl (C=O) groups excluding carboxylic acids is 6. The molecule has 0 fully saturated rings. The van der Waals surface area contributed by atoms with Crippen molar-refractivity contribution in [1.29, 1.82) is 0 Å². The van der Waals surface area contributed by atoms with E-state index in [9.17, 15) is 33.9 Å². The van der Waals surface area contributed by atoms with Crippen LogP contribution in [0.5, 0.6) is 0 Å². The van der Waals surface area contributed by atoms with Crippen molar-refractivity contribution in [1.82, 2.24) is 21.3 Å². The molecular weight excluding hydrogens is 552 g/mol. The number of aliphatic hydroxyl groups excluding tert-OH is 2. The summed E-state index contributed by atoms with van der Waals surface area (Å²) in [4.78, 5) is 72.3. The maximum absolute atomic E-state index is 12.8. The van der Waals surface area contributed by atoms with Crippen LogP contribution in [0.25, 0.3) is 0 Å². The lowest BCUT2D eigenvalue weighted by Crippen LogP contribution is -2.56. The van der Waals surface area contributed by atoms with Crippen LogP contribution in [0.3, 0.4) is 0 Å². The SMILES string of the molecule is NC(=O)C(CO)NC(=O)C(Cc1ccccc1)NC(=O)C(N)CCCCNC(=O)CCC(NC(=O)[C@@H](N)CO)C(N)=O. The van der Waals surface area contributed by atoms with E-state index in [1.54, 1.807) is 30.3 Å². The molecule has 4 unspecified atom stereocenters. The van der Waals surface area contributed by atoms with E-state index in [0.29, 0.717) is 12.8 Å². The van der Waals surface area contributed by atoms with Crippen LogP contribution >= 0.6 is 0 Å². The summed E-state index contributed by atoms with van der Waals surface area (Å²) in [6.45, 7) is -1.07. The largest absolute Gasteiger partial charge is 0.394 e. The Kier molecular flexibility index (Phi) is 16.3. The van der Waals surface area contributed by atoms with Crippen LogP contribution in [0.2, 0.25) is 0 Å². The minimum atomic E-state index is -1.32. The molecule has 0 heterocycles. The van der Waals surface area contributed by atoms with Crippen molar-refractivity contribution in [2.45, 2.75) is 68.7 Å². The van der Waals surface area contributed by atoms with Crippen LogP contribution in [0.15, 0.2) is 30.3 Å². The summed E-state index contributed by atoms with van der Waals surface area (Å²) >= 11 is 0. The average Bonchev–Trinajstić information content (AvgIpc) is 2.96. The molecule has 0 bridgehead atoms. The molecule has 16 heteroatoms. The molecule has 6 amide bonds. The summed E-state index contributed by atoms with van der Waals surface area (Å²) in [5.41, 5.74) is 22.6. The molecule has 234 valence electrons. The van der Waals surface area contributed by atoms with Gasteiger partial charge in [-0.1, -0.05) is 30.3 Å². The van der Waals surface area contributed by atoms with Crippen molar-refractivity contribution in [3.63, 3.8) is 0 Å². The fraction of sp³-hybridized carbons (Fsp3) is 0.538. The van der Waals surface area contributed by atoms with Crippen LogP contribution in [-0.4, -0.2) is 95.6 Å². The number of amides is 6. The lowest BCUT2D eigenvalue weighted by atomic mass is 10.0. The number of benzene rings is 1. The van der Waals surface area contributed by atoms with E-state index in [2.05, 4.69) is 21.3 Å². The summed E-state index contributed by atoms with van der Waals surface area (Å²) in [7, 11) is 0. The summed E-state index contributed by atoms with van der Waals surface area (Å²) in [6, 6.07) is 3.11. The summed E-state index contributed by atoms with van der Waals surface area (Å²) in [6.07, 6.45) is 1.09. The van der Waals surface area contributed by atoms with E-state index in [-0.39, 0.29) is 32.2 Å². The third-order valence-electron chi connectivity index (χ3n) is 6.21. The number of nitrogens with one attached hydrogen (secondary N) is 4. The quantitative estimate of drug-likeness (QED) is 0.0644. The molecule has 0 spiro atoms. The van der Waals surface area contributed by atoms with Crippen LogP contribution in [0.4, 0.5) is 0 Å². The third-order valence-corrected chi connectivity index (χ3v) is 6.21. The topological polar surface area (TPSA) is 295 Å². The highest BCUT2D eigenvalue weighted by Crippen LogP contribution is 2.06. The second-order valence-electron chi connectivity index (χ2n) is 9.64. The minimum Gasteiger partial charge on any atom is -0.394 e. The van der Waals surface area contributed by atoms with Gasteiger partial charge in [-0.25, -0.2) is 0 Å². The van der Waals surface area contributed by atoms with E-state index >= 15 is 0 Å². The van der Waals surface area contributed by atoms with E-state index in [0.717, 1.165) is 5.56 Å². The number of unbranched alkanes of at least 4 members (excludes halogenated alkanes) is 1. The van der Waals surface area contributed by atoms with E-state index in [4.69, 9.17) is 28.0 Å². The molecule has 0 saturated heterocycles. The van der Waals surface area contributed by atoms with E-state index in [1.807, 2.05) is 0 Å². The van der Waals surface area contributed by atoms with Gasteiger partial charge in [0.25, 0.3) is 0 Å². The van der Waals surface area contributed by atoms with Gasteiger partial charge >= 0.3 is 0 Å². The smallest absolute Gasteiger partial charge is 0.243 e. The van der Waals surface area contributed by atoms with Crippen LogP contribution in [-0.2, 0) is 35.2 Å². The summed E-state index contributed by atoms with van der Waals surface area (Å²) < 4.78 is 0. The summed E-state index contributed by atoms with van der Waals surface area (Å²) in [5.74, 6) is -4.26. The van der Waals surface area contributed by atoms with E-state index in [1.165, 1.54) is 0 Å². The lowest BCUT2D eigenvalue weighted by Gasteiger charge is -2.23. The normalized spacial score (nSPS) is 14.4. The molecular formula is C26H42N8O8. The lowest BCUT2D eigenvalue weighted by molar-refractivity contribution is -0.132. The third kappa shape index (κ3) is 13.5. The molecule has 1 aromatic rings. The second-order valence-corrected chi connectivity index (χ2v) is 9.64. The Morgan fingerprint density at radius 3 is 1.83 bits per heavy atom. The average molecular weight is 595 g/mol. The summed E-state index contributed by atoms with van der Waals surface area (Å²) in [5, 5.41) is 28.1. The number of hydrogen-bond acceptors (Lipinski definition) is 10. The minimum absolute atomic E-state index is 0.0632. The van der Waals surface area contributed by atoms with Crippen molar-refractivity contribution in [3.8, 4) is 0 Å². The maximum Gasteiger partial charge on any atom is 0.243 e. The molecule has 1 rings (SSSR count). The van der Waals surface area contributed by atoms with Gasteiger partial charge in [0.15, 0.2) is 0 Å². The number of carbonyl (C=O) groups is 6. The fourth-order valence-corrected chi connectivity index (χ4v) is 3.68. The van der Waals surface area contributed by atoms with Gasteiger partial charge in [0.1, 0.15) is 24.2 Å². The Morgan fingerprint density at radius 1 is 0.690 bits per heavy atom. The zero-order valence-electron chi connectivity index (χ0n) is 23.3. The van der Waals surface area contributed by atoms with Gasteiger partial charge in [0.2, 0.25) is 35.4 Å². The highest BCUT2D eigenvalue weighted by molar-refractivity contribution is 5.93. The Labute approximate surface area is 243 Å². The van der Waals surface area contributed by atoms with Crippen molar-refractivity contribution >= 4 is 35.4 Å². The fourth-order valence-electron chi connectivity index (χ4n) is 3.68. The van der Waals surface area contributed by atoms with Crippen molar-refractivity contribution in [2.75, 3.05) is 19.8 Å². The first-order valence-corrected chi connectivity index (χ1v) is 13.4. The first-order chi connectivity index (χ1) is 19.9. The second kappa shape index (κ2) is 19.1. The Morgan fingerprint density at radius 2 is 1.26 bits per heavy atom. The zero-order valence-corrected chi connectivity index (χ0v) is 23.3. The number of hydrogen-bond donors (Lipinski definition) is 10. The standard InChI is InChI=1S/C26H42N8O8/c27-16(8-4-5-11-31-21(37)10-9-18(22(29)38)32-25(41)17(28)13-35)24(40)33-19(12-15-6-2-1-3-7-15)26(42)34-20(14-36)23(30)39/h1-3,6-7,16-20,35-36H,4-5,8-14,27-28H2,(H2,29,38)(H2,30,39)(H,31,37)(H,32,41)(H,33,40)(H,34,42)/t16?,17-,18?,19?,20?/m0/s1. The van der Waals surface area contributed by atoms with Crippen LogP contribution < -0.4 is 44.2 Å². The Bertz CT molecular complexity index is 1060. The van der Waals surface area contributed by atoms with Gasteiger partial charge in [-0.05, 0) is 31.2 Å². The number of primary amides is 2. The molecule has 14 N–H and O–H groups in total. The zero-order chi connectivity index (χ0) is 31.7. The maximum atomic E-state index is 12.8. The monoisotopic (exact) mass is 594 g/mol. The molecule has 0 saturated carbocycles. The first-order valence-electron chi connectivity index (χ1n) is 13.4. The number of rotatable bonds is 20. The van der Waals surface area contributed by atoms with Gasteiger partial charge in [-0.3, -0.25) is 28.8 Å². The Hall–Kier alpha value is -4.12. The van der Waals surface area contributed by atoms with Gasteiger partial charge < -0.3 is 54.4 Å². The molecule has 5 atom stereocenters. The van der Waals surface area contributed by atoms with Crippen molar-refractivity contribution < 1.29 is 39.0 Å². The van der Waals surface area contributed by atoms with E-state index < -0.39 is 78.9 Å². The molecule has 0 aliphatic carbocycles. The molecule has 1 aromatic carbocycles. The predicted molar refractivity (Wildman–Crippen MR) is 151 cm³/mol. The molecule has 0 radical (unpaired) electrons. The highest BCUT2D eigenvalue weighted by atomic mass is 16.3. The molecule has 42 heavy (non-hydrogen) atoms. The predicted octanol–water partition coefficient (Wildman–Crippen LogP) is -4.64. The first kappa shape index (κ1) is 35.9. The molecule has 16 nitrogen and oxygen atoms in total. The molecule has 0 aliphatic heterocycles. The van der Waals surface area contributed by atoms with Gasteiger partial charge in [0.05, 0.1) is 19.3 Å². The Balaban J connectivity index is 2.52. The number of nitrogens with two attached hydrogens (primary N) is 4. The number of aliphatic hydroxyl groups is 2. The molecule has 0 aliphatic rings. The molecule has 0 aromatic heterocycles. The highest BCUT2D eigenvalue weighted by Gasteiger charge is 2.27. The van der Waals surface area contributed by atoms with Gasteiger partial charge in [-0.15, -0.1) is 0 Å². The van der Waals surface area contributed by atoms with Gasteiger partial charge in [-0.2, -0.15) is 0 Å². The van der Waals surface area contributed by atoms with Crippen LogP contribution in [0.1, 0.15) is 37.7 Å².